The molecule has 108 valence electrons. The minimum Gasteiger partial charge on any atom is -0.0625 e. The smallest absolute Gasteiger partial charge is 0.0329 e. The third-order valence-electron chi connectivity index (χ3n) is 5.56. The molecule has 2 unspecified atom stereocenters. The van der Waals surface area contributed by atoms with Crippen molar-refractivity contribution in [2.45, 2.75) is 68.2 Å². The maximum atomic E-state index is 2.45. The van der Waals surface area contributed by atoms with E-state index in [2.05, 4.69) is 55.4 Å². The lowest BCUT2D eigenvalue weighted by molar-refractivity contribution is 0.00465. The first-order valence-electron chi connectivity index (χ1n) is 8.25. The molecule has 2 atom stereocenters. The van der Waals surface area contributed by atoms with Gasteiger partial charge >= 0.3 is 0 Å². The molecule has 1 aliphatic rings. The summed E-state index contributed by atoms with van der Waals surface area (Å²) in [4.78, 5) is 0. The molecule has 0 heteroatoms. The minimum atomic E-state index is 0.845. The molecule has 0 amide bonds. The van der Waals surface area contributed by atoms with Crippen molar-refractivity contribution < 1.29 is 0 Å². The molecule has 1 aliphatic carbocycles. The highest BCUT2D eigenvalue weighted by Crippen LogP contribution is 2.49. The number of hydrogen-bond acceptors (Lipinski definition) is 0. The van der Waals surface area contributed by atoms with E-state index in [-0.39, 0.29) is 0 Å². The molecule has 18 heavy (non-hydrogen) atoms. The molecule has 0 aromatic carbocycles. The third-order valence-corrected chi connectivity index (χ3v) is 5.56. The molecular weight excluding hydrogens is 216 g/mol. The standard InChI is InChI=1S/C18H36/c1-11(2)15-9-16(12(3)4)18(14(7)8)17(10-15)13(5)6/h11-18H,9-10H2,1-8H3. The lowest BCUT2D eigenvalue weighted by atomic mass is 9.57. The fourth-order valence-corrected chi connectivity index (χ4v) is 4.39. The van der Waals surface area contributed by atoms with Crippen molar-refractivity contribution in [1.82, 2.24) is 0 Å². The predicted octanol–water partition coefficient (Wildman–Crippen LogP) is 5.87. The van der Waals surface area contributed by atoms with Crippen LogP contribution in [0.2, 0.25) is 0 Å². The Morgan fingerprint density at radius 3 is 1.17 bits per heavy atom. The van der Waals surface area contributed by atoms with Gasteiger partial charge in [0.15, 0.2) is 0 Å². The summed E-state index contributed by atoms with van der Waals surface area (Å²) in [6.45, 7) is 19.5. The van der Waals surface area contributed by atoms with Gasteiger partial charge < -0.3 is 0 Å². The lowest BCUT2D eigenvalue weighted by Crippen LogP contribution is -2.41. The van der Waals surface area contributed by atoms with Crippen LogP contribution in [0.15, 0.2) is 0 Å². The van der Waals surface area contributed by atoms with Gasteiger partial charge in [0.25, 0.3) is 0 Å². The van der Waals surface area contributed by atoms with Crippen LogP contribution < -0.4 is 0 Å². The molecule has 0 aromatic heterocycles. The van der Waals surface area contributed by atoms with Gasteiger partial charge in [0.2, 0.25) is 0 Å². The highest BCUT2D eigenvalue weighted by molar-refractivity contribution is 4.91. The van der Waals surface area contributed by atoms with Gasteiger partial charge in [0, 0.05) is 0 Å². The first-order chi connectivity index (χ1) is 8.25. The van der Waals surface area contributed by atoms with E-state index < -0.39 is 0 Å². The van der Waals surface area contributed by atoms with Gasteiger partial charge in [-0.3, -0.25) is 0 Å². The van der Waals surface area contributed by atoms with Gasteiger partial charge in [-0.05, 0) is 60.2 Å². The van der Waals surface area contributed by atoms with Crippen LogP contribution in [0.1, 0.15) is 68.2 Å². The fourth-order valence-electron chi connectivity index (χ4n) is 4.39. The second-order valence-corrected chi connectivity index (χ2v) is 8.11. The van der Waals surface area contributed by atoms with E-state index in [0.29, 0.717) is 0 Å². The highest BCUT2D eigenvalue weighted by atomic mass is 14.5. The zero-order valence-corrected chi connectivity index (χ0v) is 14.0. The van der Waals surface area contributed by atoms with Gasteiger partial charge in [0.1, 0.15) is 0 Å². The van der Waals surface area contributed by atoms with Crippen molar-refractivity contribution in [2.75, 3.05) is 0 Å². The molecule has 1 rings (SSSR count). The van der Waals surface area contributed by atoms with E-state index in [1.807, 2.05) is 0 Å². The van der Waals surface area contributed by atoms with Crippen LogP contribution in [0.25, 0.3) is 0 Å². The average molecular weight is 252 g/mol. The molecule has 1 saturated carbocycles. The van der Waals surface area contributed by atoms with Crippen molar-refractivity contribution in [1.29, 1.82) is 0 Å². The van der Waals surface area contributed by atoms with Crippen LogP contribution in [0, 0.1) is 47.3 Å². The molecule has 0 radical (unpaired) electrons. The Morgan fingerprint density at radius 2 is 0.944 bits per heavy atom. The summed E-state index contributed by atoms with van der Waals surface area (Å²) in [6, 6.07) is 0. The van der Waals surface area contributed by atoms with Crippen LogP contribution in [-0.2, 0) is 0 Å². The van der Waals surface area contributed by atoms with E-state index in [1.54, 1.807) is 0 Å². The van der Waals surface area contributed by atoms with Crippen LogP contribution in [0.4, 0.5) is 0 Å². The van der Waals surface area contributed by atoms with Crippen molar-refractivity contribution in [3.8, 4) is 0 Å². The molecule has 0 aromatic rings. The summed E-state index contributed by atoms with van der Waals surface area (Å²) >= 11 is 0. The average Bonchev–Trinajstić information content (AvgIpc) is 2.26. The SMILES string of the molecule is CC(C)C1CC(C(C)C)C(C(C)C)C(C(C)C)C1. The second kappa shape index (κ2) is 6.44. The first kappa shape index (κ1) is 16.1. The Kier molecular flexibility index (Phi) is 5.74. The summed E-state index contributed by atoms with van der Waals surface area (Å²) in [5.74, 6) is 7.19. The molecule has 0 saturated heterocycles. The summed E-state index contributed by atoms with van der Waals surface area (Å²) in [7, 11) is 0. The molecule has 0 heterocycles. The summed E-state index contributed by atoms with van der Waals surface area (Å²) in [5, 5.41) is 0. The van der Waals surface area contributed by atoms with Crippen molar-refractivity contribution in [3.05, 3.63) is 0 Å². The Balaban J connectivity index is 2.97. The topological polar surface area (TPSA) is 0 Å². The minimum absolute atomic E-state index is 0.845. The molecule has 0 nitrogen and oxygen atoms in total. The molecule has 0 bridgehead atoms. The van der Waals surface area contributed by atoms with E-state index in [9.17, 15) is 0 Å². The molecular formula is C18H36. The number of rotatable bonds is 4. The Bertz CT molecular complexity index is 218. The monoisotopic (exact) mass is 252 g/mol. The zero-order chi connectivity index (χ0) is 14.0. The van der Waals surface area contributed by atoms with E-state index in [0.717, 1.165) is 47.3 Å². The van der Waals surface area contributed by atoms with Crippen LogP contribution in [-0.4, -0.2) is 0 Å². The zero-order valence-electron chi connectivity index (χ0n) is 14.0. The molecule has 0 aliphatic heterocycles. The molecule has 1 fully saturated rings. The molecule has 0 N–H and O–H groups in total. The molecule has 0 spiro atoms. The largest absolute Gasteiger partial charge is 0.0625 e. The van der Waals surface area contributed by atoms with Crippen molar-refractivity contribution in [3.63, 3.8) is 0 Å². The van der Waals surface area contributed by atoms with Crippen molar-refractivity contribution in [2.24, 2.45) is 47.3 Å². The van der Waals surface area contributed by atoms with Crippen LogP contribution in [0.3, 0.4) is 0 Å². The predicted molar refractivity (Wildman–Crippen MR) is 82.5 cm³/mol. The van der Waals surface area contributed by atoms with Crippen molar-refractivity contribution >= 4 is 0 Å². The van der Waals surface area contributed by atoms with E-state index >= 15 is 0 Å². The fraction of sp³-hybridized carbons (Fsp3) is 1.00. The van der Waals surface area contributed by atoms with Gasteiger partial charge in [-0.15, -0.1) is 0 Å². The second-order valence-electron chi connectivity index (χ2n) is 8.11. The van der Waals surface area contributed by atoms with Gasteiger partial charge in [0.05, 0.1) is 0 Å². The van der Waals surface area contributed by atoms with Gasteiger partial charge in [-0.25, -0.2) is 0 Å². The highest BCUT2D eigenvalue weighted by Gasteiger charge is 2.42. The number of hydrogen-bond donors (Lipinski definition) is 0. The van der Waals surface area contributed by atoms with Crippen LogP contribution in [0.5, 0.6) is 0 Å². The Hall–Kier alpha value is 0. The summed E-state index contributed by atoms with van der Waals surface area (Å²) in [6.07, 6.45) is 2.95. The lowest BCUT2D eigenvalue weighted by Gasteiger charge is -2.48. The third kappa shape index (κ3) is 3.52. The maximum absolute atomic E-state index is 2.45. The van der Waals surface area contributed by atoms with Gasteiger partial charge in [-0.1, -0.05) is 55.4 Å². The normalized spacial score (nSPS) is 34.0. The van der Waals surface area contributed by atoms with E-state index in [4.69, 9.17) is 0 Å². The van der Waals surface area contributed by atoms with Gasteiger partial charge in [-0.2, -0.15) is 0 Å². The maximum Gasteiger partial charge on any atom is -0.0329 e. The quantitative estimate of drug-likeness (QED) is 0.587. The Morgan fingerprint density at radius 1 is 0.556 bits per heavy atom. The Labute approximate surface area is 116 Å². The summed E-state index contributed by atoms with van der Waals surface area (Å²) < 4.78 is 0. The van der Waals surface area contributed by atoms with E-state index in [1.165, 1.54) is 12.8 Å². The first-order valence-corrected chi connectivity index (χ1v) is 8.25. The summed E-state index contributed by atoms with van der Waals surface area (Å²) in [5.41, 5.74) is 0. The van der Waals surface area contributed by atoms with Crippen LogP contribution >= 0.6 is 0 Å².